The van der Waals surface area contributed by atoms with Crippen molar-refractivity contribution in [3.63, 3.8) is 0 Å². The van der Waals surface area contributed by atoms with E-state index in [0.29, 0.717) is 0 Å². The summed E-state index contributed by atoms with van der Waals surface area (Å²) in [5.74, 6) is -1.15. The third-order valence-electron chi connectivity index (χ3n) is 3.73. The Morgan fingerprint density at radius 2 is 1.95 bits per heavy atom. The molecule has 20 heavy (non-hydrogen) atoms. The van der Waals surface area contributed by atoms with Crippen LogP contribution in [0.5, 0.6) is 0 Å². The van der Waals surface area contributed by atoms with E-state index in [1.54, 1.807) is 0 Å². The largest absolute Gasteiger partial charge is 0.457 e. The quantitative estimate of drug-likeness (QED) is 0.435. The minimum Gasteiger partial charge on any atom is -0.457 e. The molecule has 0 amide bonds. The van der Waals surface area contributed by atoms with Crippen LogP contribution in [0.15, 0.2) is 12.7 Å². The SMILES string of the molecule is C=CC(=O)OCC(=O)OC1C2CCC(C2)C1OS(=O)O. The fourth-order valence-corrected chi connectivity index (χ4v) is 3.41. The Labute approximate surface area is 118 Å². The van der Waals surface area contributed by atoms with Crippen LogP contribution in [0.4, 0.5) is 0 Å². The maximum absolute atomic E-state index is 11.6. The summed E-state index contributed by atoms with van der Waals surface area (Å²) in [6.45, 7) is 2.70. The molecule has 2 fully saturated rings. The lowest BCUT2D eigenvalue weighted by atomic mass is 9.95. The fourth-order valence-electron chi connectivity index (χ4n) is 2.95. The summed E-state index contributed by atoms with van der Waals surface area (Å²) in [4.78, 5) is 22.4. The number of ether oxygens (including phenoxy) is 2. The Hall–Kier alpha value is -1.25. The fraction of sp³-hybridized carbons (Fsp3) is 0.667. The van der Waals surface area contributed by atoms with Gasteiger partial charge in [0.15, 0.2) is 6.61 Å². The Kier molecular flexibility index (Phi) is 4.90. The van der Waals surface area contributed by atoms with E-state index in [0.717, 1.165) is 25.3 Å². The predicted molar refractivity (Wildman–Crippen MR) is 67.5 cm³/mol. The second kappa shape index (κ2) is 6.47. The third-order valence-corrected chi connectivity index (χ3v) is 4.11. The van der Waals surface area contributed by atoms with Gasteiger partial charge in [0, 0.05) is 6.08 Å². The van der Waals surface area contributed by atoms with Crippen LogP contribution in [0, 0.1) is 11.8 Å². The Bertz CT molecular complexity index is 436. The van der Waals surface area contributed by atoms with Crippen LogP contribution in [0.3, 0.4) is 0 Å². The zero-order chi connectivity index (χ0) is 14.7. The predicted octanol–water partition coefficient (Wildman–Crippen LogP) is 0.579. The van der Waals surface area contributed by atoms with E-state index in [9.17, 15) is 13.8 Å². The Balaban J connectivity index is 1.89. The number of esters is 2. The van der Waals surface area contributed by atoms with Gasteiger partial charge in [0.2, 0.25) is 0 Å². The first-order valence-electron chi connectivity index (χ1n) is 6.28. The molecule has 0 spiro atoms. The van der Waals surface area contributed by atoms with Crippen LogP contribution in [0.2, 0.25) is 0 Å². The second-order valence-corrected chi connectivity index (χ2v) is 5.50. The lowest BCUT2D eigenvalue weighted by molar-refractivity contribution is -0.166. The molecule has 2 rings (SSSR count). The lowest BCUT2D eigenvalue weighted by Gasteiger charge is -2.28. The van der Waals surface area contributed by atoms with Crippen LogP contribution in [-0.2, 0) is 34.6 Å². The van der Waals surface area contributed by atoms with Crippen molar-refractivity contribution >= 4 is 23.3 Å². The molecular weight excluding hydrogens is 288 g/mol. The third kappa shape index (κ3) is 3.44. The van der Waals surface area contributed by atoms with Crippen molar-refractivity contribution in [2.45, 2.75) is 31.5 Å². The maximum Gasteiger partial charge on any atom is 0.344 e. The van der Waals surface area contributed by atoms with E-state index in [2.05, 4.69) is 11.3 Å². The molecule has 0 aromatic heterocycles. The van der Waals surface area contributed by atoms with Gasteiger partial charge in [0.1, 0.15) is 12.2 Å². The van der Waals surface area contributed by atoms with E-state index in [1.807, 2.05) is 0 Å². The van der Waals surface area contributed by atoms with Crippen molar-refractivity contribution in [3.8, 4) is 0 Å². The van der Waals surface area contributed by atoms with E-state index in [-0.39, 0.29) is 11.8 Å². The number of hydrogen-bond donors (Lipinski definition) is 1. The van der Waals surface area contributed by atoms with Gasteiger partial charge in [-0.2, -0.15) is 4.21 Å². The minimum atomic E-state index is -2.40. The van der Waals surface area contributed by atoms with E-state index < -0.39 is 42.1 Å². The summed E-state index contributed by atoms with van der Waals surface area (Å²) in [6.07, 6.45) is 2.43. The van der Waals surface area contributed by atoms with Gasteiger partial charge in [-0.15, -0.1) is 0 Å². The molecule has 0 aromatic rings. The highest BCUT2D eigenvalue weighted by atomic mass is 32.2. The van der Waals surface area contributed by atoms with Crippen LogP contribution in [-0.4, -0.2) is 39.5 Å². The summed E-state index contributed by atoms with van der Waals surface area (Å²) >= 11 is -2.40. The smallest absolute Gasteiger partial charge is 0.344 e. The molecule has 0 aliphatic heterocycles. The molecule has 2 aliphatic carbocycles. The maximum atomic E-state index is 11.6. The molecule has 0 heterocycles. The topological polar surface area (TPSA) is 99.1 Å². The van der Waals surface area contributed by atoms with Crippen molar-refractivity contribution in [1.29, 1.82) is 0 Å². The number of rotatable bonds is 6. The van der Waals surface area contributed by atoms with Crippen molar-refractivity contribution in [3.05, 3.63) is 12.7 Å². The van der Waals surface area contributed by atoms with Gasteiger partial charge in [-0.1, -0.05) is 6.58 Å². The Morgan fingerprint density at radius 1 is 1.30 bits per heavy atom. The monoisotopic (exact) mass is 304 g/mol. The zero-order valence-corrected chi connectivity index (χ0v) is 11.5. The van der Waals surface area contributed by atoms with E-state index in [1.165, 1.54) is 0 Å². The molecule has 8 heteroatoms. The number of hydrogen-bond acceptors (Lipinski definition) is 6. The normalized spacial score (nSPS) is 32.6. The number of fused-ring (bicyclic) bond motifs is 2. The molecular formula is C12H16O7S. The lowest BCUT2D eigenvalue weighted by Crippen LogP contribution is -2.39. The molecule has 7 nitrogen and oxygen atoms in total. The summed E-state index contributed by atoms with van der Waals surface area (Å²) < 4.78 is 34.4. The minimum absolute atomic E-state index is 0.129. The van der Waals surface area contributed by atoms with Gasteiger partial charge in [-0.05, 0) is 31.1 Å². The van der Waals surface area contributed by atoms with Crippen molar-refractivity contribution in [2.24, 2.45) is 11.8 Å². The molecule has 2 saturated carbocycles. The van der Waals surface area contributed by atoms with Crippen LogP contribution < -0.4 is 0 Å². The average molecular weight is 304 g/mol. The molecule has 0 aromatic carbocycles. The molecule has 0 radical (unpaired) electrons. The summed E-state index contributed by atoms with van der Waals surface area (Å²) in [5.41, 5.74) is 0. The first kappa shape index (κ1) is 15.1. The van der Waals surface area contributed by atoms with Gasteiger partial charge in [-0.25, -0.2) is 9.59 Å². The number of carbonyl (C=O) groups is 2. The van der Waals surface area contributed by atoms with Crippen molar-refractivity contribution < 1.29 is 32.0 Å². The molecule has 2 bridgehead atoms. The van der Waals surface area contributed by atoms with Gasteiger partial charge in [-0.3, -0.25) is 8.74 Å². The summed E-state index contributed by atoms with van der Waals surface area (Å²) in [6, 6.07) is 0. The summed E-state index contributed by atoms with van der Waals surface area (Å²) in [7, 11) is 0. The van der Waals surface area contributed by atoms with Gasteiger partial charge in [0.05, 0.1) is 0 Å². The standard InChI is InChI=1S/C12H16O7S/c1-2-9(13)17-6-10(14)18-11-7-3-4-8(5-7)12(11)19-20(15)16/h2,7-8,11-12H,1,3-6H2,(H,15,16). The van der Waals surface area contributed by atoms with Crippen LogP contribution in [0.25, 0.3) is 0 Å². The van der Waals surface area contributed by atoms with Gasteiger partial charge in [0.25, 0.3) is 0 Å². The molecule has 1 N–H and O–H groups in total. The molecule has 112 valence electrons. The van der Waals surface area contributed by atoms with Crippen molar-refractivity contribution in [1.82, 2.24) is 0 Å². The molecule has 5 atom stereocenters. The second-order valence-electron chi connectivity index (χ2n) is 4.88. The first-order valence-corrected chi connectivity index (χ1v) is 7.31. The van der Waals surface area contributed by atoms with E-state index in [4.69, 9.17) is 13.5 Å². The zero-order valence-electron chi connectivity index (χ0n) is 10.7. The Morgan fingerprint density at radius 3 is 2.55 bits per heavy atom. The highest BCUT2D eigenvalue weighted by Crippen LogP contribution is 2.47. The first-order chi connectivity index (χ1) is 9.51. The van der Waals surface area contributed by atoms with E-state index >= 15 is 0 Å². The van der Waals surface area contributed by atoms with Gasteiger partial charge >= 0.3 is 23.3 Å². The van der Waals surface area contributed by atoms with Crippen LogP contribution >= 0.6 is 0 Å². The average Bonchev–Trinajstić information content (AvgIpc) is 2.98. The van der Waals surface area contributed by atoms with Crippen molar-refractivity contribution in [2.75, 3.05) is 6.61 Å². The molecule has 5 unspecified atom stereocenters. The van der Waals surface area contributed by atoms with Crippen LogP contribution in [0.1, 0.15) is 19.3 Å². The number of carbonyl (C=O) groups excluding carboxylic acids is 2. The summed E-state index contributed by atoms with van der Waals surface area (Å²) in [5, 5.41) is 0. The highest BCUT2D eigenvalue weighted by Gasteiger charge is 2.51. The van der Waals surface area contributed by atoms with Gasteiger partial charge < -0.3 is 9.47 Å². The molecule has 2 aliphatic rings. The molecule has 0 saturated heterocycles. The highest BCUT2D eigenvalue weighted by molar-refractivity contribution is 7.74.